The number of methoxy groups -OCH3 is 9. The van der Waals surface area contributed by atoms with Crippen molar-refractivity contribution in [2.45, 2.75) is 34.5 Å². The molecule has 0 saturated carbocycles. The Morgan fingerprint density at radius 3 is 0.930 bits per heavy atom. The lowest BCUT2D eigenvalue weighted by molar-refractivity contribution is -0.133. The summed E-state index contributed by atoms with van der Waals surface area (Å²) in [5.74, 6) is 2.66. The molecule has 3 aromatic rings. The highest BCUT2D eigenvalue weighted by Gasteiger charge is 2.49. The van der Waals surface area contributed by atoms with Crippen LogP contribution in [0.3, 0.4) is 0 Å². The monoisotopic (exact) mass is 620 g/mol. The molecule has 0 heterocycles. The molecule has 0 N–H and O–H groups in total. The van der Waals surface area contributed by atoms with Crippen LogP contribution in [0.4, 0.5) is 0 Å². The largest absolute Gasteiger partial charge is 0.496 e. The molecule has 0 fully saturated rings. The van der Waals surface area contributed by atoms with Gasteiger partial charge in [0.15, 0.2) is 0 Å². The van der Waals surface area contributed by atoms with E-state index in [2.05, 4.69) is 0 Å². The molecule has 0 aliphatic rings. The van der Waals surface area contributed by atoms with Crippen LogP contribution in [0, 0.1) is 0 Å². The Morgan fingerprint density at radius 2 is 0.744 bits per heavy atom. The molecule has 0 aliphatic carbocycles. The number of carbonyl (C=O) groups excluding carboxylic acids is 1. The molecule has 43 heavy (non-hydrogen) atoms. The number of hydrogen-bond acceptors (Lipinski definition) is 11. The van der Waals surface area contributed by atoms with E-state index in [4.69, 9.17) is 46.8 Å². The number of ether oxygens (including phenoxy) is 9. The maximum atomic E-state index is 13.8. The van der Waals surface area contributed by atoms with Crippen LogP contribution in [-0.4, -0.2) is 70.0 Å². The maximum Gasteiger partial charge on any atom is 0.317 e. The van der Waals surface area contributed by atoms with Gasteiger partial charge in [0.1, 0.15) is 66.4 Å². The van der Waals surface area contributed by atoms with Crippen LogP contribution < -0.4 is 42.6 Å². The fourth-order valence-corrected chi connectivity index (χ4v) is 8.37. The lowest BCUT2D eigenvalue weighted by Crippen LogP contribution is -2.18. The van der Waals surface area contributed by atoms with Crippen molar-refractivity contribution in [3.05, 3.63) is 36.4 Å². The van der Waals surface area contributed by atoms with Crippen molar-refractivity contribution in [3.63, 3.8) is 0 Å². The minimum atomic E-state index is -3.35. The molecule has 3 aromatic carbocycles. The Hall–Kier alpha value is -4.32. The van der Waals surface area contributed by atoms with Gasteiger partial charge in [-0.15, -0.1) is 0 Å². The van der Waals surface area contributed by atoms with E-state index in [0.717, 1.165) is 0 Å². The van der Waals surface area contributed by atoms with Gasteiger partial charge in [0, 0.05) is 53.1 Å². The Labute approximate surface area is 254 Å². The lowest BCUT2D eigenvalue weighted by atomic mass is 10.3. The van der Waals surface area contributed by atoms with Gasteiger partial charge in [0.25, 0.3) is 0 Å². The van der Waals surface area contributed by atoms with Crippen LogP contribution in [0.2, 0.25) is 0 Å². The van der Waals surface area contributed by atoms with Crippen molar-refractivity contribution in [1.82, 2.24) is 0 Å². The van der Waals surface area contributed by atoms with Gasteiger partial charge in [-0.1, -0.05) is 6.92 Å². The third-order valence-corrected chi connectivity index (χ3v) is 9.91. The quantitative estimate of drug-likeness (QED) is 0.191. The minimum Gasteiger partial charge on any atom is -0.496 e. The molecule has 0 aliphatic heterocycles. The summed E-state index contributed by atoms with van der Waals surface area (Å²) in [5, 5.41) is 0. The zero-order valence-electron chi connectivity index (χ0n) is 26.3. The summed E-state index contributed by atoms with van der Waals surface area (Å²) in [7, 11) is 10.2. The number of rotatable bonds is 15. The molecule has 11 nitrogen and oxygen atoms in total. The third-order valence-electron chi connectivity index (χ3n) is 6.54. The Bertz CT molecular complexity index is 1190. The molecule has 0 amide bonds. The van der Waals surface area contributed by atoms with E-state index in [0.29, 0.717) is 72.9 Å². The SMILES string of the molecule is CCCC(=O)OS(c1c(OC)cc(OC)cc1OC)(c1c(OC)cc(OC)cc1OC)c1c(OC)cc(OC)cc1OC. The summed E-state index contributed by atoms with van der Waals surface area (Å²) in [6, 6.07) is 10.1. The summed E-state index contributed by atoms with van der Waals surface area (Å²) in [6.07, 6.45) is 0.635. The van der Waals surface area contributed by atoms with Crippen molar-refractivity contribution in [2.24, 2.45) is 0 Å². The van der Waals surface area contributed by atoms with Crippen LogP contribution in [0.25, 0.3) is 0 Å². The fourth-order valence-electron chi connectivity index (χ4n) is 4.59. The molecule has 0 atom stereocenters. The summed E-state index contributed by atoms with van der Waals surface area (Å²) >= 11 is 0. The van der Waals surface area contributed by atoms with Gasteiger partial charge in [-0.3, -0.25) is 4.79 Å². The third kappa shape index (κ3) is 6.24. The average molecular weight is 621 g/mol. The first-order valence-corrected chi connectivity index (χ1v) is 14.8. The minimum absolute atomic E-state index is 0.108. The van der Waals surface area contributed by atoms with Gasteiger partial charge in [0.2, 0.25) is 0 Å². The first-order chi connectivity index (χ1) is 20.8. The predicted molar refractivity (Wildman–Crippen MR) is 162 cm³/mol. The van der Waals surface area contributed by atoms with Crippen molar-refractivity contribution in [3.8, 4) is 51.7 Å². The number of hydrogen-bond donors (Lipinski definition) is 0. The second-order valence-electron chi connectivity index (χ2n) is 8.84. The highest BCUT2D eigenvalue weighted by atomic mass is 32.3. The van der Waals surface area contributed by atoms with Gasteiger partial charge in [-0.25, -0.2) is 0 Å². The summed E-state index contributed by atoms with van der Waals surface area (Å²) in [4.78, 5) is 14.9. The smallest absolute Gasteiger partial charge is 0.317 e. The Morgan fingerprint density at radius 1 is 0.488 bits per heavy atom. The summed E-state index contributed by atoms with van der Waals surface area (Å²) in [5.41, 5.74) is 0. The molecule has 0 saturated heterocycles. The first-order valence-electron chi connectivity index (χ1n) is 13.2. The van der Waals surface area contributed by atoms with Gasteiger partial charge < -0.3 is 46.8 Å². The second-order valence-corrected chi connectivity index (χ2v) is 11.3. The highest BCUT2D eigenvalue weighted by molar-refractivity contribution is 8.30. The normalized spacial score (nSPS) is 11.2. The van der Waals surface area contributed by atoms with Crippen molar-refractivity contribution in [1.29, 1.82) is 0 Å². The number of carbonyl (C=O) groups is 1. The van der Waals surface area contributed by atoms with Crippen LogP contribution in [0.1, 0.15) is 19.8 Å². The van der Waals surface area contributed by atoms with Crippen molar-refractivity contribution < 1.29 is 51.6 Å². The predicted octanol–water partition coefficient (Wildman–Crippen LogP) is 6.30. The highest BCUT2D eigenvalue weighted by Crippen LogP contribution is 2.80. The van der Waals surface area contributed by atoms with Crippen molar-refractivity contribution in [2.75, 3.05) is 64.0 Å². The lowest BCUT2D eigenvalue weighted by Gasteiger charge is -2.43. The maximum absolute atomic E-state index is 13.8. The van der Waals surface area contributed by atoms with Crippen LogP contribution in [0.15, 0.2) is 51.1 Å². The van der Waals surface area contributed by atoms with E-state index in [1.54, 1.807) is 36.4 Å². The van der Waals surface area contributed by atoms with Gasteiger partial charge in [-0.2, -0.15) is 0 Å². The molecule has 236 valence electrons. The van der Waals surface area contributed by atoms with E-state index >= 15 is 0 Å². The van der Waals surface area contributed by atoms with E-state index in [-0.39, 0.29) is 6.42 Å². The van der Waals surface area contributed by atoms with Crippen LogP contribution in [0.5, 0.6) is 51.7 Å². The molecule has 0 bridgehead atoms. The molecule has 0 aromatic heterocycles. The average Bonchev–Trinajstić information content (AvgIpc) is 3.05. The first kappa shape index (κ1) is 33.2. The van der Waals surface area contributed by atoms with E-state index in [1.165, 1.54) is 64.0 Å². The summed E-state index contributed by atoms with van der Waals surface area (Å²) in [6.45, 7) is 1.88. The van der Waals surface area contributed by atoms with Crippen LogP contribution >= 0.6 is 10.3 Å². The zero-order valence-corrected chi connectivity index (χ0v) is 27.1. The standard InChI is InChI=1S/C31H40O11S/c1-11-12-28(32)42-43(29-22(36-5)13-19(33-2)14-23(29)37-6,30-24(38-7)15-20(34-3)16-25(30)39-8)31-26(40-9)17-21(35-4)18-27(31)41-10/h13-18H,11-12H2,1-10H3. The molecular formula is C31H40O11S. The Balaban J connectivity index is 2.83. The van der Waals surface area contributed by atoms with Gasteiger partial charge in [0.05, 0.1) is 64.0 Å². The topological polar surface area (TPSA) is 109 Å². The van der Waals surface area contributed by atoms with Crippen LogP contribution in [-0.2, 0) is 8.98 Å². The molecular weight excluding hydrogens is 580 g/mol. The Kier molecular flexibility index (Phi) is 11.4. The van der Waals surface area contributed by atoms with E-state index in [1.807, 2.05) is 6.92 Å². The second kappa shape index (κ2) is 14.7. The van der Waals surface area contributed by atoms with Gasteiger partial charge >= 0.3 is 5.97 Å². The zero-order chi connectivity index (χ0) is 31.7. The molecule has 12 heteroatoms. The molecule has 0 unspecified atom stereocenters. The fraction of sp³-hybridized carbons (Fsp3) is 0.387. The van der Waals surface area contributed by atoms with E-state index in [9.17, 15) is 4.79 Å². The van der Waals surface area contributed by atoms with E-state index < -0.39 is 16.3 Å². The van der Waals surface area contributed by atoms with Gasteiger partial charge in [-0.05, 0) is 6.42 Å². The molecule has 0 radical (unpaired) electrons. The van der Waals surface area contributed by atoms with Crippen molar-refractivity contribution >= 4 is 16.3 Å². The summed E-state index contributed by atoms with van der Waals surface area (Å²) < 4.78 is 59.2. The number of benzene rings is 3. The molecule has 0 spiro atoms. The molecule has 3 rings (SSSR count).